The molecule has 1 aliphatic heterocycles. The highest BCUT2D eigenvalue weighted by Gasteiger charge is 2.18. The highest BCUT2D eigenvalue weighted by molar-refractivity contribution is 5.46. The van der Waals surface area contributed by atoms with Crippen molar-refractivity contribution in [2.75, 3.05) is 25.0 Å². The van der Waals surface area contributed by atoms with Gasteiger partial charge in [-0.05, 0) is 69.0 Å². The van der Waals surface area contributed by atoms with Gasteiger partial charge in [-0.2, -0.15) is 5.10 Å². The quantitative estimate of drug-likeness (QED) is 0.774. The van der Waals surface area contributed by atoms with Gasteiger partial charge in [-0.15, -0.1) is 0 Å². The van der Waals surface area contributed by atoms with Crippen LogP contribution < -0.4 is 5.32 Å². The van der Waals surface area contributed by atoms with E-state index >= 15 is 0 Å². The number of aliphatic hydroxyl groups is 1. The molecule has 1 fully saturated rings. The van der Waals surface area contributed by atoms with Gasteiger partial charge in [-0.25, -0.2) is 0 Å². The highest BCUT2D eigenvalue weighted by Crippen LogP contribution is 2.20. The molecule has 1 unspecified atom stereocenters. The lowest BCUT2D eigenvalue weighted by Crippen LogP contribution is -2.34. The Morgan fingerprint density at radius 3 is 2.84 bits per heavy atom. The number of nitrogens with zero attached hydrogens (tertiary/aromatic N) is 3. The maximum Gasteiger partial charge on any atom is 0.0489 e. The number of piperidine rings is 1. The fourth-order valence-electron chi connectivity index (χ4n) is 3.46. The van der Waals surface area contributed by atoms with Crippen LogP contribution in [0.15, 0.2) is 42.7 Å². The van der Waals surface area contributed by atoms with Crippen LogP contribution in [0, 0.1) is 5.92 Å². The molecule has 0 radical (unpaired) electrons. The van der Waals surface area contributed by atoms with Crippen LogP contribution in [0.4, 0.5) is 5.69 Å². The molecule has 0 spiro atoms. The molecule has 1 aliphatic rings. The third kappa shape index (κ3) is 5.58. The molecule has 25 heavy (non-hydrogen) atoms. The normalized spacial score (nSPS) is 17.5. The van der Waals surface area contributed by atoms with E-state index in [1.165, 1.54) is 11.3 Å². The van der Waals surface area contributed by atoms with Gasteiger partial charge in [-0.1, -0.05) is 12.1 Å². The van der Waals surface area contributed by atoms with Crippen molar-refractivity contribution in [3.63, 3.8) is 0 Å². The van der Waals surface area contributed by atoms with Crippen LogP contribution in [0.5, 0.6) is 0 Å². The van der Waals surface area contributed by atoms with Crippen molar-refractivity contribution in [3.8, 4) is 0 Å². The van der Waals surface area contributed by atoms with E-state index in [-0.39, 0.29) is 0 Å². The van der Waals surface area contributed by atoms with Crippen LogP contribution in [0.1, 0.15) is 31.7 Å². The predicted molar refractivity (Wildman–Crippen MR) is 101 cm³/mol. The molecule has 2 heterocycles. The number of aromatic nitrogens is 2. The number of hydrogen-bond acceptors (Lipinski definition) is 4. The van der Waals surface area contributed by atoms with Crippen molar-refractivity contribution in [3.05, 3.63) is 48.3 Å². The highest BCUT2D eigenvalue weighted by atomic mass is 16.3. The molecule has 1 aromatic carbocycles. The second kappa shape index (κ2) is 9.02. The molecule has 0 saturated carbocycles. The largest absolute Gasteiger partial charge is 0.396 e. The van der Waals surface area contributed by atoms with Gasteiger partial charge in [0.1, 0.15) is 0 Å². The number of benzene rings is 1. The fourth-order valence-corrected chi connectivity index (χ4v) is 3.46. The number of likely N-dealkylation sites (tertiary alicyclic amines) is 1. The molecule has 0 aliphatic carbocycles. The summed E-state index contributed by atoms with van der Waals surface area (Å²) in [7, 11) is 0. The Bertz CT molecular complexity index is 620. The summed E-state index contributed by atoms with van der Waals surface area (Å²) in [4.78, 5) is 2.49. The fraction of sp³-hybridized carbons (Fsp3) is 0.550. The number of anilines is 1. The van der Waals surface area contributed by atoms with Crippen molar-refractivity contribution < 1.29 is 5.11 Å². The molecule has 1 atom stereocenters. The number of aryl methyl sites for hydroxylation is 1. The maximum atomic E-state index is 9.26. The van der Waals surface area contributed by atoms with Crippen LogP contribution in [0.2, 0.25) is 0 Å². The average molecular weight is 342 g/mol. The van der Waals surface area contributed by atoms with Crippen LogP contribution >= 0.6 is 0 Å². The summed E-state index contributed by atoms with van der Waals surface area (Å²) < 4.78 is 1.98. The number of aliphatic hydroxyl groups excluding tert-OH is 1. The molecular formula is C20H30N4O. The minimum absolute atomic E-state index is 0.337. The van der Waals surface area contributed by atoms with Gasteiger partial charge in [0.2, 0.25) is 0 Å². The van der Waals surface area contributed by atoms with Gasteiger partial charge >= 0.3 is 0 Å². The first-order valence-corrected chi connectivity index (χ1v) is 9.39. The Labute approximate surface area is 150 Å². The minimum atomic E-state index is 0.337. The average Bonchev–Trinajstić information content (AvgIpc) is 3.15. The van der Waals surface area contributed by atoms with E-state index in [1.807, 2.05) is 23.1 Å². The number of nitrogens with one attached hydrogen (secondary N) is 1. The Morgan fingerprint density at radius 1 is 1.28 bits per heavy atom. The lowest BCUT2D eigenvalue weighted by molar-refractivity contribution is 0.127. The van der Waals surface area contributed by atoms with E-state index in [9.17, 15) is 5.11 Å². The summed E-state index contributed by atoms with van der Waals surface area (Å²) in [5, 5.41) is 17.1. The van der Waals surface area contributed by atoms with Gasteiger partial charge in [0.15, 0.2) is 0 Å². The van der Waals surface area contributed by atoms with Gasteiger partial charge < -0.3 is 10.4 Å². The zero-order chi connectivity index (χ0) is 17.5. The first kappa shape index (κ1) is 18.0. The Kier molecular flexibility index (Phi) is 6.48. The van der Waals surface area contributed by atoms with Crippen molar-refractivity contribution in [1.82, 2.24) is 14.7 Å². The third-order valence-corrected chi connectivity index (χ3v) is 5.06. The standard InChI is InChI=1S/C20H30N4O/c1-17(6-13-24-10-3-9-21-24)22-20-5-2-4-19(14-20)15-23-11-7-18(16-25)8-12-23/h2-5,9-10,14,17-18,22,25H,6-8,11-13,15-16H2,1H3. The maximum absolute atomic E-state index is 9.26. The van der Waals surface area contributed by atoms with Crippen molar-refractivity contribution in [1.29, 1.82) is 0 Å². The van der Waals surface area contributed by atoms with Gasteiger partial charge in [-0.3, -0.25) is 9.58 Å². The summed E-state index contributed by atoms with van der Waals surface area (Å²) in [6.45, 7) is 6.65. The van der Waals surface area contributed by atoms with Gasteiger partial charge in [0, 0.05) is 43.8 Å². The zero-order valence-corrected chi connectivity index (χ0v) is 15.1. The molecular weight excluding hydrogens is 312 g/mol. The molecule has 1 aromatic heterocycles. The first-order chi connectivity index (χ1) is 12.2. The Balaban J connectivity index is 1.47. The zero-order valence-electron chi connectivity index (χ0n) is 15.1. The summed E-state index contributed by atoms with van der Waals surface area (Å²) in [5.74, 6) is 0.500. The Hall–Kier alpha value is -1.85. The topological polar surface area (TPSA) is 53.3 Å². The van der Waals surface area contributed by atoms with Crippen molar-refractivity contribution in [2.24, 2.45) is 5.92 Å². The molecule has 0 bridgehead atoms. The summed E-state index contributed by atoms with van der Waals surface area (Å²) in [5.41, 5.74) is 2.54. The second-order valence-corrected chi connectivity index (χ2v) is 7.21. The van der Waals surface area contributed by atoms with Crippen LogP contribution in [0.25, 0.3) is 0 Å². The summed E-state index contributed by atoms with van der Waals surface area (Å²) in [6.07, 6.45) is 7.09. The monoisotopic (exact) mass is 342 g/mol. The van der Waals surface area contributed by atoms with Gasteiger partial charge in [0.05, 0.1) is 0 Å². The molecule has 3 rings (SSSR count). The van der Waals surface area contributed by atoms with Gasteiger partial charge in [0.25, 0.3) is 0 Å². The first-order valence-electron chi connectivity index (χ1n) is 9.39. The SMILES string of the molecule is CC(CCn1cccn1)Nc1cccc(CN2CCC(CO)CC2)c1. The molecule has 2 aromatic rings. The molecule has 1 saturated heterocycles. The van der Waals surface area contributed by atoms with E-state index < -0.39 is 0 Å². The number of rotatable bonds is 8. The van der Waals surface area contributed by atoms with E-state index in [1.54, 1.807) is 0 Å². The summed E-state index contributed by atoms with van der Waals surface area (Å²) >= 11 is 0. The second-order valence-electron chi connectivity index (χ2n) is 7.21. The summed E-state index contributed by atoms with van der Waals surface area (Å²) in [6, 6.07) is 11.1. The van der Waals surface area contributed by atoms with E-state index in [0.717, 1.165) is 45.4 Å². The van der Waals surface area contributed by atoms with Crippen LogP contribution in [-0.2, 0) is 13.1 Å². The molecule has 136 valence electrons. The molecule has 0 amide bonds. The van der Waals surface area contributed by atoms with Crippen molar-refractivity contribution >= 4 is 5.69 Å². The van der Waals surface area contributed by atoms with Crippen LogP contribution in [-0.4, -0.2) is 45.5 Å². The number of hydrogen-bond donors (Lipinski definition) is 2. The van der Waals surface area contributed by atoms with E-state index in [2.05, 4.69) is 46.5 Å². The lowest BCUT2D eigenvalue weighted by Gasteiger charge is -2.31. The predicted octanol–water partition coefficient (Wildman–Crippen LogP) is 2.98. The lowest BCUT2D eigenvalue weighted by atomic mass is 9.97. The van der Waals surface area contributed by atoms with E-state index in [0.29, 0.717) is 18.6 Å². The smallest absolute Gasteiger partial charge is 0.0489 e. The molecule has 5 nitrogen and oxygen atoms in total. The molecule has 5 heteroatoms. The third-order valence-electron chi connectivity index (χ3n) is 5.06. The molecule has 2 N–H and O–H groups in total. The Morgan fingerprint density at radius 2 is 2.12 bits per heavy atom. The van der Waals surface area contributed by atoms with E-state index in [4.69, 9.17) is 0 Å². The van der Waals surface area contributed by atoms with Crippen LogP contribution in [0.3, 0.4) is 0 Å². The van der Waals surface area contributed by atoms with Crippen molar-refractivity contribution in [2.45, 2.75) is 45.3 Å². The minimum Gasteiger partial charge on any atom is -0.396 e.